The maximum absolute atomic E-state index is 13.1. The summed E-state index contributed by atoms with van der Waals surface area (Å²) in [5.41, 5.74) is 0. The Balaban J connectivity index is 5.39. The third-order valence-electron chi connectivity index (χ3n) is 16.6. The monoisotopic (exact) mass is 1500 g/mol. The molecule has 104 heavy (non-hydrogen) atoms. The number of phosphoric ester groups is 2. The van der Waals surface area contributed by atoms with Gasteiger partial charge in [-0.15, -0.1) is 0 Å². The first-order valence-electron chi connectivity index (χ1n) is 40.4. The summed E-state index contributed by atoms with van der Waals surface area (Å²) >= 11 is 0. The van der Waals surface area contributed by atoms with E-state index >= 15 is 0 Å². The van der Waals surface area contributed by atoms with Crippen LogP contribution in [0.25, 0.3) is 0 Å². The highest BCUT2D eigenvalue weighted by atomic mass is 31.2. The highest BCUT2D eigenvalue weighted by Crippen LogP contribution is 2.45. The normalized spacial score (nSPS) is 14.6. The van der Waals surface area contributed by atoms with Crippen molar-refractivity contribution in [3.05, 3.63) is 134 Å². The Labute approximate surface area is 631 Å². The SMILES string of the molecule is CC/C=C\C/C=C\C/C=C\C/C=C\CCCCCCCCC(=O)OCC(COP(=O)(O)OCC(O)COP(=O)(O)OCC(COC(=O)CCCCCC/C=C\C/C=C\C/C=C\C/C=C\CC)OC(=O)CCCCCCC/C=C\C/C=C\CCCCC)OC(=O)CCCCCCC/C=C\CCCCCC. The van der Waals surface area contributed by atoms with E-state index in [1.54, 1.807) is 0 Å². The van der Waals surface area contributed by atoms with Crippen molar-refractivity contribution in [3.63, 3.8) is 0 Å². The fourth-order valence-corrected chi connectivity index (χ4v) is 12.0. The van der Waals surface area contributed by atoms with E-state index in [-0.39, 0.29) is 25.7 Å². The smallest absolute Gasteiger partial charge is 0.462 e. The number of aliphatic hydroxyl groups is 1. The molecule has 0 spiro atoms. The highest BCUT2D eigenvalue weighted by molar-refractivity contribution is 7.47. The van der Waals surface area contributed by atoms with E-state index in [1.807, 2.05) is 0 Å². The summed E-state index contributed by atoms with van der Waals surface area (Å²) in [6, 6.07) is 0. The van der Waals surface area contributed by atoms with Gasteiger partial charge in [-0.25, -0.2) is 9.13 Å². The first kappa shape index (κ1) is 99.2. The maximum Gasteiger partial charge on any atom is 0.472 e. The van der Waals surface area contributed by atoms with Crippen LogP contribution in [0.5, 0.6) is 0 Å². The maximum atomic E-state index is 13.1. The molecule has 0 saturated heterocycles. The number of aliphatic hydroxyl groups excluding tert-OH is 1. The van der Waals surface area contributed by atoms with Crippen molar-refractivity contribution < 1.29 is 80.2 Å². The van der Waals surface area contributed by atoms with Crippen LogP contribution in [0.2, 0.25) is 0 Å². The predicted octanol–water partition coefficient (Wildman–Crippen LogP) is 23.7. The summed E-state index contributed by atoms with van der Waals surface area (Å²) in [6.45, 7) is 4.56. The van der Waals surface area contributed by atoms with Gasteiger partial charge in [0.15, 0.2) is 12.2 Å². The highest BCUT2D eigenvalue weighted by Gasteiger charge is 2.30. The number of carbonyl (C=O) groups is 4. The molecule has 0 aliphatic carbocycles. The first-order valence-corrected chi connectivity index (χ1v) is 43.4. The second kappa shape index (κ2) is 76.4. The Bertz CT molecular complexity index is 2490. The van der Waals surface area contributed by atoms with Gasteiger partial charge in [0.2, 0.25) is 0 Å². The predicted molar refractivity (Wildman–Crippen MR) is 427 cm³/mol. The summed E-state index contributed by atoms with van der Waals surface area (Å²) in [7, 11) is -9.98. The quantitative estimate of drug-likeness (QED) is 0.0169. The summed E-state index contributed by atoms with van der Waals surface area (Å²) in [4.78, 5) is 73.1. The fraction of sp³-hybridized carbons (Fsp3) is 0.694. The lowest BCUT2D eigenvalue weighted by Gasteiger charge is -2.21. The molecule has 0 aromatic heterocycles. The van der Waals surface area contributed by atoms with E-state index in [0.717, 1.165) is 199 Å². The van der Waals surface area contributed by atoms with Crippen LogP contribution >= 0.6 is 15.6 Å². The molecule has 0 aromatic carbocycles. The van der Waals surface area contributed by atoms with Gasteiger partial charge in [0.05, 0.1) is 26.4 Å². The second-order valence-electron chi connectivity index (χ2n) is 26.6. The molecule has 0 fully saturated rings. The lowest BCUT2D eigenvalue weighted by Crippen LogP contribution is -2.30. The van der Waals surface area contributed by atoms with Crippen LogP contribution in [0.3, 0.4) is 0 Å². The third-order valence-corrected chi connectivity index (χ3v) is 18.5. The molecule has 5 atom stereocenters. The lowest BCUT2D eigenvalue weighted by molar-refractivity contribution is -0.161. The van der Waals surface area contributed by atoms with Gasteiger partial charge < -0.3 is 33.8 Å². The van der Waals surface area contributed by atoms with Gasteiger partial charge in [-0.2, -0.15) is 0 Å². The molecule has 0 aliphatic heterocycles. The van der Waals surface area contributed by atoms with Gasteiger partial charge in [-0.05, 0) is 161 Å². The van der Waals surface area contributed by atoms with Crippen molar-refractivity contribution in [1.82, 2.24) is 0 Å². The third kappa shape index (κ3) is 75.4. The van der Waals surface area contributed by atoms with Crippen molar-refractivity contribution >= 4 is 39.5 Å². The van der Waals surface area contributed by atoms with Crippen molar-refractivity contribution in [2.24, 2.45) is 0 Å². The summed E-state index contributed by atoms with van der Waals surface area (Å²) in [6.07, 6.45) is 85.6. The summed E-state index contributed by atoms with van der Waals surface area (Å²) < 4.78 is 68.6. The van der Waals surface area contributed by atoms with Crippen LogP contribution in [0.1, 0.15) is 323 Å². The molecule has 19 heteroatoms. The summed E-state index contributed by atoms with van der Waals surface area (Å²) in [5.74, 6) is -2.24. The standard InChI is InChI=1S/C85H144O17P2/c1-5-9-13-17-21-25-29-33-36-38-39-41-44-47-50-54-58-62-66-70-83(88)95-75-80(101-84(89)71-67-63-59-55-51-45-32-28-24-20-16-12-8-4)77-99-103(91,92)97-73-79(86)74-98-104(93,94)100-78-81(102-85(90)72-68-64-60-56-52-48-42-35-31-27-23-19-15-11-7-3)76-96-82(87)69-65-61-57-53-49-46-43-40-37-34-30-26-22-18-14-10-6-2/h9-10,13-14,21-23,25-28,32-37,39,41-43,46,79-81,86H,5-8,11-12,15-20,24,29-31,38,40,44-45,47-78H2,1-4H3,(H,91,92)(H,93,94)/b13-9-,14-10-,25-21-,26-22-,27-23-,32-28-,36-33-,37-34-,41-39-,42-35-,46-43-. The minimum atomic E-state index is -4.99. The number of hydrogen-bond donors (Lipinski definition) is 3. The van der Waals surface area contributed by atoms with E-state index in [2.05, 4.69) is 161 Å². The molecule has 0 saturated carbocycles. The van der Waals surface area contributed by atoms with Crippen LogP contribution in [0.15, 0.2) is 134 Å². The van der Waals surface area contributed by atoms with Gasteiger partial charge in [0.25, 0.3) is 0 Å². The molecule has 0 amide bonds. The first-order chi connectivity index (χ1) is 50.7. The molecule has 0 heterocycles. The number of phosphoric acid groups is 2. The molecule has 0 aromatic rings. The van der Waals surface area contributed by atoms with Gasteiger partial charge in [-0.1, -0.05) is 271 Å². The molecular formula is C85H144O17P2. The zero-order valence-corrected chi connectivity index (χ0v) is 66.9. The molecule has 596 valence electrons. The number of ether oxygens (including phenoxy) is 4. The largest absolute Gasteiger partial charge is 0.472 e. The molecule has 3 N–H and O–H groups in total. The molecule has 0 rings (SSSR count). The van der Waals surface area contributed by atoms with E-state index < -0.39 is 97.5 Å². The van der Waals surface area contributed by atoms with Crippen molar-refractivity contribution in [1.29, 1.82) is 0 Å². The fourth-order valence-electron chi connectivity index (χ4n) is 10.5. The van der Waals surface area contributed by atoms with Crippen molar-refractivity contribution in [2.45, 2.75) is 341 Å². The van der Waals surface area contributed by atoms with Crippen LogP contribution in [-0.4, -0.2) is 96.7 Å². The van der Waals surface area contributed by atoms with E-state index in [1.165, 1.54) is 44.9 Å². The van der Waals surface area contributed by atoms with Gasteiger partial charge in [0.1, 0.15) is 19.3 Å². The van der Waals surface area contributed by atoms with Crippen LogP contribution in [-0.2, 0) is 65.4 Å². The van der Waals surface area contributed by atoms with Gasteiger partial charge in [-0.3, -0.25) is 37.3 Å². The Hall–Kier alpha value is -4.80. The average molecular weight is 1500 g/mol. The van der Waals surface area contributed by atoms with E-state index in [9.17, 15) is 43.2 Å². The van der Waals surface area contributed by atoms with Crippen LogP contribution in [0, 0.1) is 0 Å². The Morgan fingerprint density at radius 2 is 0.500 bits per heavy atom. The number of carbonyl (C=O) groups excluding carboxylic acids is 4. The molecule has 0 radical (unpaired) electrons. The Morgan fingerprint density at radius 3 is 0.798 bits per heavy atom. The molecule has 17 nitrogen and oxygen atoms in total. The minimum absolute atomic E-state index is 0.0704. The van der Waals surface area contributed by atoms with Crippen LogP contribution in [0.4, 0.5) is 0 Å². The zero-order valence-electron chi connectivity index (χ0n) is 65.2. The molecule has 0 aliphatic rings. The topological polar surface area (TPSA) is 237 Å². The van der Waals surface area contributed by atoms with Crippen molar-refractivity contribution in [3.8, 4) is 0 Å². The number of allylic oxidation sites excluding steroid dienone is 22. The zero-order chi connectivity index (χ0) is 76.0. The molecule has 5 unspecified atom stereocenters. The molecule has 0 bridgehead atoms. The second-order valence-corrected chi connectivity index (χ2v) is 29.5. The van der Waals surface area contributed by atoms with Crippen molar-refractivity contribution in [2.75, 3.05) is 39.6 Å². The Kier molecular flexibility index (Phi) is 72.9. The summed E-state index contributed by atoms with van der Waals surface area (Å²) in [5, 5.41) is 10.6. The number of rotatable bonds is 75. The van der Waals surface area contributed by atoms with Crippen LogP contribution < -0.4 is 0 Å². The average Bonchev–Trinajstić information content (AvgIpc) is 0.939. The van der Waals surface area contributed by atoms with E-state index in [0.29, 0.717) is 25.7 Å². The minimum Gasteiger partial charge on any atom is -0.462 e. The lowest BCUT2D eigenvalue weighted by atomic mass is 10.1. The Morgan fingerprint density at radius 1 is 0.279 bits per heavy atom. The van der Waals surface area contributed by atoms with Gasteiger partial charge >= 0.3 is 39.5 Å². The van der Waals surface area contributed by atoms with Gasteiger partial charge in [0, 0.05) is 25.7 Å². The van der Waals surface area contributed by atoms with E-state index in [4.69, 9.17) is 37.0 Å². The number of esters is 4. The number of hydrogen-bond acceptors (Lipinski definition) is 15. The molecular weight excluding hydrogens is 1350 g/mol. The number of unbranched alkanes of at least 4 members (excludes halogenated alkanes) is 27.